The lowest BCUT2D eigenvalue weighted by atomic mass is 9.86. The van der Waals surface area contributed by atoms with Crippen LogP contribution in [-0.4, -0.2) is 99.7 Å². The summed E-state index contributed by atoms with van der Waals surface area (Å²) < 4.78 is 2.15. The Labute approximate surface area is 230 Å². The Morgan fingerprint density at radius 1 is 1.05 bits per heavy atom. The quantitative estimate of drug-likeness (QED) is 0.429. The Bertz CT molecular complexity index is 1260. The molecule has 0 bridgehead atoms. The third kappa shape index (κ3) is 5.81. The first kappa shape index (κ1) is 26.2. The number of aromatic nitrogens is 3. The number of fused-ring (bicyclic) bond motifs is 1. The fourth-order valence-electron chi connectivity index (χ4n) is 6.65. The standard InChI is InChI=1S/C30H41N7O2/c1-22(21-38)35-15-17-36(18-16-35)27-3-2-4-28-26(27)11-14-37(28)29-9-12-31-30(33-29)32-24-7-5-23(6-8-24)19-34-13-10-25(39)20-34/h2-4,9,11-12,14,21-25,39H,5-8,10,13,15-20H2,1H3,(H,31,32,33). The summed E-state index contributed by atoms with van der Waals surface area (Å²) in [4.78, 5) is 27.7. The molecule has 0 radical (unpaired) electrons. The summed E-state index contributed by atoms with van der Waals surface area (Å²) in [6.07, 6.45) is 10.4. The zero-order valence-electron chi connectivity index (χ0n) is 23.0. The van der Waals surface area contributed by atoms with Crippen LogP contribution in [0.1, 0.15) is 39.0 Å². The molecular formula is C30H41N7O2. The van der Waals surface area contributed by atoms with Gasteiger partial charge >= 0.3 is 0 Å². The molecule has 2 aromatic heterocycles. The number of aldehydes is 1. The zero-order chi connectivity index (χ0) is 26.8. The van der Waals surface area contributed by atoms with Gasteiger partial charge in [0, 0.05) is 75.3 Å². The predicted octanol–water partition coefficient (Wildman–Crippen LogP) is 3.17. The zero-order valence-corrected chi connectivity index (χ0v) is 23.0. The van der Waals surface area contributed by atoms with Crippen LogP contribution in [0, 0.1) is 5.92 Å². The molecule has 9 heteroatoms. The van der Waals surface area contributed by atoms with Crippen molar-refractivity contribution in [3.05, 3.63) is 42.7 Å². The van der Waals surface area contributed by atoms with E-state index >= 15 is 0 Å². The number of aliphatic hydroxyl groups excluding tert-OH is 1. The van der Waals surface area contributed by atoms with E-state index < -0.39 is 0 Å². The highest BCUT2D eigenvalue weighted by molar-refractivity contribution is 5.94. The number of hydrogen-bond donors (Lipinski definition) is 2. The van der Waals surface area contributed by atoms with Gasteiger partial charge in [-0.05, 0) is 69.2 Å². The normalized spacial score (nSPS) is 25.7. The van der Waals surface area contributed by atoms with Crippen molar-refractivity contribution in [3.63, 3.8) is 0 Å². The molecule has 1 aromatic carbocycles. The molecule has 3 aromatic rings. The maximum atomic E-state index is 11.2. The molecule has 0 spiro atoms. The molecule has 1 saturated carbocycles. The molecule has 0 amide bonds. The number of aliphatic hydroxyl groups is 1. The lowest BCUT2D eigenvalue weighted by Crippen LogP contribution is -2.50. The second-order valence-corrected chi connectivity index (χ2v) is 11.6. The molecule has 9 nitrogen and oxygen atoms in total. The molecule has 4 heterocycles. The molecule has 2 atom stereocenters. The predicted molar refractivity (Wildman–Crippen MR) is 155 cm³/mol. The number of likely N-dealkylation sites (tertiary alicyclic amines) is 1. The van der Waals surface area contributed by atoms with Crippen molar-refractivity contribution in [2.24, 2.45) is 5.92 Å². The lowest BCUT2D eigenvalue weighted by molar-refractivity contribution is -0.112. The third-order valence-corrected chi connectivity index (χ3v) is 8.97. The number of carbonyl (C=O) groups is 1. The van der Waals surface area contributed by atoms with Gasteiger partial charge in [0.25, 0.3) is 0 Å². The third-order valence-electron chi connectivity index (χ3n) is 8.97. The van der Waals surface area contributed by atoms with Crippen LogP contribution in [0.4, 0.5) is 11.6 Å². The van der Waals surface area contributed by atoms with E-state index in [1.54, 1.807) is 0 Å². The van der Waals surface area contributed by atoms with Crippen LogP contribution in [0.25, 0.3) is 16.7 Å². The topological polar surface area (TPSA) is 89.8 Å². The Hall–Kier alpha value is -3.01. The molecule has 3 aliphatic rings. The van der Waals surface area contributed by atoms with Gasteiger partial charge in [-0.2, -0.15) is 4.98 Å². The minimum Gasteiger partial charge on any atom is -0.392 e. The number of piperazine rings is 1. The van der Waals surface area contributed by atoms with E-state index in [1.807, 2.05) is 19.2 Å². The molecular weight excluding hydrogens is 490 g/mol. The first-order valence-electron chi connectivity index (χ1n) is 14.6. The fraction of sp³-hybridized carbons (Fsp3) is 0.567. The van der Waals surface area contributed by atoms with Gasteiger partial charge in [-0.1, -0.05) is 6.07 Å². The van der Waals surface area contributed by atoms with Gasteiger partial charge < -0.3 is 29.6 Å². The highest BCUT2D eigenvalue weighted by Crippen LogP contribution is 2.31. The Morgan fingerprint density at radius 2 is 1.87 bits per heavy atom. The number of rotatable bonds is 8. The van der Waals surface area contributed by atoms with Crippen molar-refractivity contribution >= 4 is 28.8 Å². The van der Waals surface area contributed by atoms with E-state index in [9.17, 15) is 9.90 Å². The molecule has 2 unspecified atom stereocenters. The van der Waals surface area contributed by atoms with Crippen LogP contribution < -0.4 is 10.2 Å². The van der Waals surface area contributed by atoms with Gasteiger partial charge in [0.05, 0.1) is 17.7 Å². The molecule has 2 aliphatic heterocycles. The molecule has 2 saturated heterocycles. The van der Waals surface area contributed by atoms with Crippen LogP contribution in [0.2, 0.25) is 0 Å². The summed E-state index contributed by atoms with van der Waals surface area (Å²) in [5.74, 6) is 2.28. The second-order valence-electron chi connectivity index (χ2n) is 11.6. The molecule has 39 heavy (non-hydrogen) atoms. The fourth-order valence-corrected chi connectivity index (χ4v) is 6.65. The smallest absolute Gasteiger partial charge is 0.224 e. The van der Waals surface area contributed by atoms with Crippen LogP contribution >= 0.6 is 0 Å². The van der Waals surface area contributed by atoms with Gasteiger partial charge in [0.15, 0.2) is 0 Å². The largest absolute Gasteiger partial charge is 0.392 e. The number of nitrogens with one attached hydrogen (secondary N) is 1. The first-order valence-corrected chi connectivity index (χ1v) is 14.6. The van der Waals surface area contributed by atoms with Gasteiger partial charge in [-0.25, -0.2) is 4.98 Å². The number of benzene rings is 1. The summed E-state index contributed by atoms with van der Waals surface area (Å²) in [7, 11) is 0. The SMILES string of the molecule is CC(C=O)N1CCN(c2cccc3c2ccn3-c2ccnc(NC3CCC(CN4CCC(O)C4)CC3)n2)CC1. The number of hydrogen-bond acceptors (Lipinski definition) is 8. The van der Waals surface area contributed by atoms with E-state index in [0.29, 0.717) is 12.0 Å². The van der Waals surface area contributed by atoms with Crippen molar-refractivity contribution < 1.29 is 9.90 Å². The van der Waals surface area contributed by atoms with Crippen molar-refractivity contribution in [2.45, 2.75) is 57.2 Å². The number of β-amino-alcohol motifs (C(OH)–C–C–N with tert-alkyl or cyclic N) is 1. The van der Waals surface area contributed by atoms with Crippen molar-refractivity contribution in [1.82, 2.24) is 24.3 Å². The summed E-state index contributed by atoms with van der Waals surface area (Å²) in [6, 6.07) is 11.0. The second kappa shape index (κ2) is 11.6. The first-order chi connectivity index (χ1) is 19.1. The molecule has 1 aliphatic carbocycles. The van der Waals surface area contributed by atoms with Crippen molar-refractivity contribution in [1.29, 1.82) is 0 Å². The average Bonchev–Trinajstić information content (AvgIpc) is 3.60. The average molecular weight is 532 g/mol. The molecule has 2 N–H and O–H groups in total. The van der Waals surface area contributed by atoms with Gasteiger partial charge in [-0.15, -0.1) is 0 Å². The number of carbonyl (C=O) groups excluding carboxylic acids is 1. The summed E-state index contributed by atoms with van der Waals surface area (Å²) in [5, 5.41) is 14.6. The maximum Gasteiger partial charge on any atom is 0.224 e. The van der Waals surface area contributed by atoms with Crippen molar-refractivity contribution in [3.8, 4) is 5.82 Å². The highest BCUT2D eigenvalue weighted by Gasteiger charge is 2.27. The minimum atomic E-state index is -0.134. The van der Waals surface area contributed by atoms with Gasteiger partial charge in [-0.3, -0.25) is 4.90 Å². The summed E-state index contributed by atoms with van der Waals surface area (Å²) in [6.45, 7) is 8.56. The van der Waals surface area contributed by atoms with Crippen LogP contribution in [0.15, 0.2) is 42.7 Å². The Balaban J connectivity index is 1.10. The molecule has 208 valence electrons. The number of anilines is 2. The summed E-state index contributed by atoms with van der Waals surface area (Å²) >= 11 is 0. The van der Waals surface area contributed by atoms with Crippen LogP contribution in [-0.2, 0) is 4.79 Å². The highest BCUT2D eigenvalue weighted by atomic mass is 16.3. The minimum absolute atomic E-state index is 0.0236. The maximum absolute atomic E-state index is 11.2. The van der Waals surface area contributed by atoms with E-state index in [1.165, 1.54) is 23.9 Å². The lowest BCUT2D eigenvalue weighted by Gasteiger charge is -2.37. The van der Waals surface area contributed by atoms with E-state index in [-0.39, 0.29) is 12.1 Å². The van der Waals surface area contributed by atoms with Crippen molar-refractivity contribution in [2.75, 3.05) is 56.0 Å². The summed E-state index contributed by atoms with van der Waals surface area (Å²) in [5.41, 5.74) is 2.37. The van der Waals surface area contributed by atoms with Gasteiger partial charge in [0.2, 0.25) is 5.95 Å². The Morgan fingerprint density at radius 3 is 2.62 bits per heavy atom. The Kier molecular flexibility index (Phi) is 7.81. The molecule has 6 rings (SSSR count). The van der Waals surface area contributed by atoms with Gasteiger partial charge in [0.1, 0.15) is 12.1 Å². The van der Waals surface area contributed by atoms with E-state index in [0.717, 1.165) is 88.6 Å². The van der Waals surface area contributed by atoms with E-state index in [4.69, 9.17) is 4.98 Å². The van der Waals surface area contributed by atoms with Crippen LogP contribution in [0.5, 0.6) is 0 Å². The van der Waals surface area contributed by atoms with E-state index in [2.05, 4.69) is 60.0 Å². The number of nitrogens with zero attached hydrogens (tertiary/aromatic N) is 6. The monoisotopic (exact) mass is 531 g/mol. The molecule has 3 fully saturated rings. The van der Waals surface area contributed by atoms with Crippen LogP contribution in [0.3, 0.4) is 0 Å².